The van der Waals surface area contributed by atoms with Crippen molar-refractivity contribution in [2.24, 2.45) is 0 Å². The van der Waals surface area contributed by atoms with Gasteiger partial charge < -0.3 is 18.9 Å². The smallest absolute Gasteiger partial charge is 0.261 e. The van der Waals surface area contributed by atoms with Gasteiger partial charge in [-0.25, -0.2) is 0 Å². The number of hydrogen-bond donors (Lipinski definition) is 0. The largest absolute Gasteiger partial charge is 0.493 e. The lowest BCUT2D eigenvalue weighted by molar-refractivity contribution is 0.354. The first-order valence-electron chi connectivity index (χ1n) is 12.6. The van der Waals surface area contributed by atoms with Gasteiger partial charge in [-0.2, -0.15) is 0 Å². The van der Waals surface area contributed by atoms with Gasteiger partial charge in [0.25, 0.3) is 22.2 Å². The summed E-state index contributed by atoms with van der Waals surface area (Å²) in [6.07, 6.45) is 0.792. The molecule has 0 radical (unpaired) electrons. The normalized spacial score (nSPS) is 11.3. The second-order valence-corrected chi connectivity index (χ2v) is 9.35. The monoisotopic (exact) mass is 544 g/mol. The van der Waals surface area contributed by atoms with Crippen molar-refractivity contribution in [3.8, 4) is 23.0 Å². The van der Waals surface area contributed by atoms with Gasteiger partial charge in [-0.05, 0) is 60.4 Å². The fourth-order valence-electron chi connectivity index (χ4n) is 5.03. The molecule has 0 unspecified atom stereocenters. The van der Waals surface area contributed by atoms with E-state index in [1.807, 2.05) is 12.1 Å². The van der Waals surface area contributed by atoms with Crippen LogP contribution < -0.4 is 41.2 Å². The average Bonchev–Trinajstić information content (AvgIpc) is 3.36. The van der Waals surface area contributed by atoms with Gasteiger partial charge in [0.2, 0.25) is 0 Å². The molecule has 0 amide bonds. The molecule has 5 rings (SSSR count). The summed E-state index contributed by atoms with van der Waals surface area (Å²) in [6.45, 7) is 0.262. The zero-order valence-electron chi connectivity index (χ0n) is 22.6. The topological polar surface area (TPSA) is 115 Å². The molecule has 2 aromatic heterocycles. The molecular weight excluding hydrogens is 516 g/mol. The molecule has 2 heterocycles. The summed E-state index contributed by atoms with van der Waals surface area (Å²) < 4.78 is 23.4. The van der Waals surface area contributed by atoms with Gasteiger partial charge >= 0.3 is 0 Å². The van der Waals surface area contributed by atoms with Gasteiger partial charge in [0.05, 0.1) is 50.0 Å². The van der Waals surface area contributed by atoms with E-state index >= 15 is 0 Å². The van der Waals surface area contributed by atoms with Crippen LogP contribution in [0.5, 0.6) is 23.0 Å². The number of benzene rings is 3. The molecule has 0 atom stereocenters. The highest BCUT2D eigenvalue weighted by molar-refractivity contribution is 5.97. The van der Waals surface area contributed by atoms with Crippen LogP contribution in [0.3, 0.4) is 0 Å². The Morgan fingerprint density at radius 1 is 0.475 bits per heavy atom. The number of ether oxygens (including phenoxy) is 4. The standard InChI is InChI=1S/C30H28N2O8/c1-37-23-7-5-17(13-25(23)39-3)9-11-31-27(33)19-15-21-22(16-20(19)28(31)34)30(36)32(29(21)35)12-10-18-6-8-24(38-2)26(14-18)40-4/h5-8,13-16H,9-12H2,1-4H3. The van der Waals surface area contributed by atoms with Crippen molar-refractivity contribution in [2.45, 2.75) is 25.9 Å². The molecule has 10 heteroatoms. The van der Waals surface area contributed by atoms with Crippen molar-refractivity contribution >= 4 is 21.5 Å². The second-order valence-electron chi connectivity index (χ2n) is 9.35. The van der Waals surface area contributed by atoms with Gasteiger partial charge in [-0.1, -0.05) is 12.1 Å². The van der Waals surface area contributed by atoms with E-state index in [0.717, 1.165) is 20.3 Å². The van der Waals surface area contributed by atoms with E-state index in [1.54, 1.807) is 38.5 Å². The van der Waals surface area contributed by atoms with E-state index in [2.05, 4.69) is 0 Å². The van der Waals surface area contributed by atoms with Crippen molar-refractivity contribution in [2.75, 3.05) is 28.4 Å². The van der Waals surface area contributed by atoms with Crippen molar-refractivity contribution in [3.05, 3.63) is 101 Å². The molecule has 10 nitrogen and oxygen atoms in total. The average molecular weight is 545 g/mol. The Balaban J connectivity index is 1.45. The van der Waals surface area contributed by atoms with Crippen LogP contribution in [0.2, 0.25) is 0 Å². The lowest BCUT2D eigenvalue weighted by atomic mass is 10.1. The predicted octanol–water partition coefficient (Wildman–Crippen LogP) is 2.43. The first kappa shape index (κ1) is 26.7. The van der Waals surface area contributed by atoms with Crippen LogP contribution in [0.1, 0.15) is 11.1 Å². The third-order valence-corrected chi connectivity index (χ3v) is 7.20. The fourth-order valence-corrected chi connectivity index (χ4v) is 5.03. The van der Waals surface area contributed by atoms with E-state index in [9.17, 15) is 19.2 Å². The van der Waals surface area contributed by atoms with Crippen molar-refractivity contribution < 1.29 is 18.9 Å². The third kappa shape index (κ3) is 4.51. The Labute approximate surface area is 228 Å². The van der Waals surface area contributed by atoms with E-state index in [-0.39, 0.29) is 34.6 Å². The molecule has 3 aromatic carbocycles. The second kappa shape index (κ2) is 10.7. The van der Waals surface area contributed by atoms with Gasteiger partial charge in [0.1, 0.15) is 0 Å². The van der Waals surface area contributed by atoms with E-state index in [4.69, 9.17) is 18.9 Å². The van der Waals surface area contributed by atoms with Crippen LogP contribution in [0.15, 0.2) is 67.7 Å². The minimum Gasteiger partial charge on any atom is -0.493 e. The van der Waals surface area contributed by atoms with Crippen molar-refractivity contribution in [3.63, 3.8) is 0 Å². The van der Waals surface area contributed by atoms with Crippen LogP contribution in [0, 0.1) is 0 Å². The number of rotatable bonds is 10. The van der Waals surface area contributed by atoms with Crippen molar-refractivity contribution in [1.29, 1.82) is 0 Å². The quantitative estimate of drug-likeness (QED) is 0.263. The highest BCUT2D eigenvalue weighted by Crippen LogP contribution is 2.29. The minimum absolute atomic E-state index is 0.124. The molecule has 0 spiro atoms. The number of aryl methyl sites for hydroxylation is 2. The summed E-state index contributed by atoms with van der Waals surface area (Å²) in [5.74, 6) is 2.25. The summed E-state index contributed by atoms with van der Waals surface area (Å²) in [5, 5.41) is 0.496. The zero-order chi connectivity index (χ0) is 28.6. The SMILES string of the molecule is COc1ccc(CCn2c(=O)c3cc4c(=O)n(CCc5ccc(OC)c(OC)c5)c(=O)c4cc3c2=O)cc1OC. The number of nitrogens with zero attached hydrogens (tertiary/aromatic N) is 2. The predicted molar refractivity (Wildman–Crippen MR) is 151 cm³/mol. The van der Waals surface area contributed by atoms with Gasteiger partial charge in [-0.3, -0.25) is 28.3 Å². The first-order chi connectivity index (χ1) is 19.3. The van der Waals surface area contributed by atoms with E-state index < -0.39 is 22.2 Å². The summed E-state index contributed by atoms with van der Waals surface area (Å²) in [5.41, 5.74) is -0.265. The molecule has 0 saturated heterocycles. The van der Waals surface area contributed by atoms with Crippen LogP contribution >= 0.6 is 0 Å². The van der Waals surface area contributed by atoms with Gasteiger partial charge in [0, 0.05) is 13.1 Å². The Morgan fingerprint density at radius 3 is 1.10 bits per heavy atom. The van der Waals surface area contributed by atoms with Crippen LogP contribution in [0.4, 0.5) is 0 Å². The lowest BCUT2D eigenvalue weighted by Gasteiger charge is -2.09. The molecular formula is C30H28N2O8. The zero-order valence-corrected chi connectivity index (χ0v) is 22.6. The maximum Gasteiger partial charge on any atom is 0.261 e. The van der Waals surface area contributed by atoms with Crippen molar-refractivity contribution in [1.82, 2.24) is 9.13 Å². The Bertz CT molecular complexity index is 1730. The molecule has 5 aromatic rings. The summed E-state index contributed by atoms with van der Waals surface area (Å²) in [7, 11) is 6.15. The number of aromatic nitrogens is 2. The lowest BCUT2D eigenvalue weighted by Crippen LogP contribution is -2.27. The maximum absolute atomic E-state index is 13.2. The fraction of sp³-hybridized carbons (Fsp3) is 0.267. The highest BCUT2D eigenvalue weighted by atomic mass is 16.5. The summed E-state index contributed by atoms with van der Waals surface area (Å²) in [6, 6.07) is 13.5. The molecule has 0 N–H and O–H groups in total. The van der Waals surface area contributed by atoms with E-state index in [0.29, 0.717) is 35.8 Å². The van der Waals surface area contributed by atoms with Gasteiger partial charge in [-0.15, -0.1) is 0 Å². The Hall–Kier alpha value is -4.86. The molecule has 40 heavy (non-hydrogen) atoms. The van der Waals surface area contributed by atoms with Gasteiger partial charge in [0.15, 0.2) is 23.0 Å². The number of methoxy groups -OCH3 is 4. The molecule has 0 aliphatic carbocycles. The van der Waals surface area contributed by atoms with E-state index in [1.165, 1.54) is 26.4 Å². The van der Waals surface area contributed by atoms with Crippen LogP contribution in [-0.2, 0) is 25.9 Å². The Kier molecular flexibility index (Phi) is 7.17. The third-order valence-electron chi connectivity index (χ3n) is 7.20. The summed E-state index contributed by atoms with van der Waals surface area (Å²) >= 11 is 0. The molecule has 0 saturated carbocycles. The highest BCUT2D eigenvalue weighted by Gasteiger charge is 2.20. The molecule has 206 valence electrons. The number of fused-ring (bicyclic) bond motifs is 2. The molecule has 0 aliphatic rings. The number of hydrogen-bond acceptors (Lipinski definition) is 8. The Morgan fingerprint density at radius 2 is 0.800 bits per heavy atom. The first-order valence-corrected chi connectivity index (χ1v) is 12.6. The maximum atomic E-state index is 13.2. The molecule has 0 fully saturated rings. The minimum atomic E-state index is -0.493. The molecule has 0 aliphatic heterocycles. The van der Waals surface area contributed by atoms with Crippen LogP contribution in [-0.4, -0.2) is 37.6 Å². The summed E-state index contributed by atoms with van der Waals surface area (Å²) in [4.78, 5) is 52.7. The van der Waals surface area contributed by atoms with Crippen LogP contribution in [0.25, 0.3) is 21.5 Å². The molecule has 0 bridgehead atoms.